The molecule has 102 valence electrons. The lowest BCUT2D eigenvalue weighted by atomic mass is 10.3. The van der Waals surface area contributed by atoms with Crippen molar-refractivity contribution in [3.63, 3.8) is 0 Å². The summed E-state index contributed by atoms with van der Waals surface area (Å²) >= 11 is 7.39. The van der Waals surface area contributed by atoms with Gasteiger partial charge in [-0.25, -0.2) is 9.37 Å². The lowest BCUT2D eigenvalue weighted by molar-refractivity contribution is 0.624. The molecule has 0 radical (unpaired) electrons. The molecule has 3 nitrogen and oxygen atoms in total. The van der Waals surface area contributed by atoms with Gasteiger partial charge in [-0.1, -0.05) is 11.6 Å². The van der Waals surface area contributed by atoms with Crippen molar-refractivity contribution in [3.05, 3.63) is 59.3 Å². The zero-order chi connectivity index (χ0) is 14.1. The van der Waals surface area contributed by atoms with Gasteiger partial charge in [-0.15, -0.1) is 11.8 Å². The second kappa shape index (κ2) is 5.34. The number of fused-ring (bicyclic) bond motifs is 1. The summed E-state index contributed by atoms with van der Waals surface area (Å²) < 4.78 is 15.0. The topological polar surface area (TPSA) is 43.3 Å². The summed E-state index contributed by atoms with van der Waals surface area (Å²) in [6, 6.07) is 8.01. The number of nitrogens with zero attached hydrogens (tertiary/aromatic N) is 2. The van der Waals surface area contributed by atoms with Crippen molar-refractivity contribution in [2.75, 3.05) is 5.73 Å². The summed E-state index contributed by atoms with van der Waals surface area (Å²) in [6.07, 6.45) is 3.71. The van der Waals surface area contributed by atoms with E-state index in [0.717, 1.165) is 16.2 Å². The Balaban J connectivity index is 1.81. The average molecular weight is 308 g/mol. The number of thioether (sulfide) groups is 1. The second-order valence-electron chi connectivity index (χ2n) is 4.32. The van der Waals surface area contributed by atoms with Crippen LogP contribution in [0.2, 0.25) is 5.02 Å². The molecule has 0 unspecified atom stereocenters. The van der Waals surface area contributed by atoms with E-state index >= 15 is 0 Å². The molecule has 20 heavy (non-hydrogen) atoms. The number of benzene rings is 1. The minimum Gasteiger partial charge on any atom is -0.398 e. The predicted molar refractivity (Wildman–Crippen MR) is 80.6 cm³/mol. The molecule has 0 atom stereocenters. The molecule has 2 N–H and O–H groups in total. The molecule has 3 aromatic rings. The molecular formula is C14H11ClFN3S. The minimum atomic E-state index is -0.288. The maximum absolute atomic E-state index is 13.2. The Morgan fingerprint density at radius 2 is 2.10 bits per heavy atom. The van der Waals surface area contributed by atoms with Crippen molar-refractivity contribution in [2.45, 2.75) is 10.6 Å². The van der Waals surface area contributed by atoms with E-state index in [1.54, 1.807) is 18.3 Å². The molecule has 2 heterocycles. The molecule has 0 spiro atoms. The van der Waals surface area contributed by atoms with E-state index in [0.29, 0.717) is 16.5 Å². The van der Waals surface area contributed by atoms with Crippen molar-refractivity contribution in [3.8, 4) is 0 Å². The third-order valence-electron chi connectivity index (χ3n) is 2.82. The molecule has 0 saturated carbocycles. The molecule has 0 aliphatic carbocycles. The van der Waals surface area contributed by atoms with Gasteiger partial charge in [-0.3, -0.25) is 0 Å². The Morgan fingerprint density at radius 1 is 1.25 bits per heavy atom. The lowest BCUT2D eigenvalue weighted by Crippen LogP contribution is -1.90. The standard InChI is InChI=1S/C14H11ClFN3S/c15-9-1-4-14-18-11(7-19(14)6-9)8-20-13-5-10(16)2-3-12(13)17/h1-7H,8,17H2. The van der Waals surface area contributed by atoms with Crippen LogP contribution in [0.15, 0.2) is 47.6 Å². The quantitative estimate of drug-likeness (QED) is 0.587. The molecule has 0 saturated heterocycles. The van der Waals surface area contributed by atoms with Gasteiger partial charge < -0.3 is 10.1 Å². The van der Waals surface area contributed by atoms with Crippen molar-refractivity contribution in [2.24, 2.45) is 0 Å². The lowest BCUT2D eigenvalue weighted by Gasteiger charge is -2.03. The number of hydrogen-bond acceptors (Lipinski definition) is 3. The molecule has 1 aromatic carbocycles. The van der Waals surface area contributed by atoms with Crippen molar-refractivity contribution < 1.29 is 4.39 Å². The number of aromatic nitrogens is 2. The van der Waals surface area contributed by atoms with Gasteiger partial charge in [0.15, 0.2) is 0 Å². The van der Waals surface area contributed by atoms with Gasteiger partial charge in [0.05, 0.1) is 10.7 Å². The van der Waals surface area contributed by atoms with E-state index < -0.39 is 0 Å². The molecule has 0 aliphatic rings. The van der Waals surface area contributed by atoms with Crippen molar-refractivity contribution in [1.82, 2.24) is 9.38 Å². The van der Waals surface area contributed by atoms with E-state index in [4.69, 9.17) is 17.3 Å². The van der Waals surface area contributed by atoms with Crippen LogP contribution < -0.4 is 5.73 Å². The van der Waals surface area contributed by atoms with E-state index in [-0.39, 0.29) is 5.82 Å². The van der Waals surface area contributed by atoms with E-state index in [1.807, 2.05) is 16.7 Å². The highest BCUT2D eigenvalue weighted by Crippen LogP contribution is 2.28. The number of nitrogen functional groups attached to an aromatic ring is 1. The number of hydrogen-bond donors (Lipinski definition) is 1. The molecule has 0 fully saturated rings. The highest BCUT2D eigenvalue weighted by Gasteiger charge is 2.06. The number of anilines is 1. The number of imidazole rings is 1. The second-order valence-corrected chi connectivity index (χ2v) is 5.77. The van der Waals surface area contributed by atoms with Crippen molar-refractivity contribution in [1.29, 1.82) is 0 Å². The van der Waals surface area contributed by atoms with Crippen LogP contribution in [0.25, 0.3) is 5.65 Å². The van der Waals surface area contributed by atoms with Crippen LogP contribution in [0.3, 0.4) is 0 Å². The van der Waals surface area contributed by atoms with Gasteiger partial charge in [-0.05, 0) is 30.3 Å². The fraction of sp³-hybridized carbons (Fsp3) is 0.0714. The number of rotatable bonds is 3. The fourth-order valence-corrected chi connectivity index (χ4v) is 2.91. The Kier molecular flexibility index (Phi) is 3.54. The highest BCUT2D eigenvalue weighted by molar-refractivity contribution is 7.98. The Bertz CT molecular complexity index is 772. The van der Waals surface area contributed by atoms with Crippen LogP contribution in [-0.2, 0) is 5.75 Å². The Hall–Kier alpha value is -1.72. The zero-order valence-corrected chi connectivity index (χ0v) is 12.0. The summed E-state index contributed by atoms with van der Waals surface area (Å²) in [4.78, 5) is 5.19. The van der Waals surface area contributed by atoms with Crippen LogP contribution in [0.5, 0.6) is 0 Å². The van der Waals surface area contributed by atoms with Crippen LogP contribution in [-0.4, -0.2) is 9.38 Å². The van der Waals surface area contributed by atoms with Crippen LogP contribution in [0.1, 0.15) is 5.69 Å². The van der Waals surface area contributed by atoms with Crippen molar-refractivity contribution >= 4 is 34.7 Å². The molecule has 0 aliphatic heterocycles. The molecule has 3 rings (SSSR count). The largest absolute Gasteiger partial charge is 0.398 e. The van der Waals surface area contributed by atoms with Gasteiger partial charge in [0.25, 0.3) is 0 Å². The van der Waals surface area contributed by atoms with Gasteiger partial charge >= 0.3 is 0 Å². The molecule has 6 heteroatoms. The van der Waals surface area contributed by atoms with Crippen LogP contribution >= 0.6 is 23.4 Å². The SMILES string of the molecule is Nc1ccc(F)cc1SCc1cn2cc(Cl)ccc2n1. The third kappa shape index (κ3) is 2.73. The van der Waals surface area contributed by atoms with E-state index in [2.05, 4.69) is 4.98 Å². The maximum atomic E-state index is 13.2. The summed E-state index contributed by atoms with van der Waals surface area (Å²) in [6.45, 7) is 0. The first-order valence-corrected chi connectivity index (χ1v) is 7.29. The minimum absolute atomic E-state index is 0.288. The highest BCUT2D eigenvalue weighted by atomic mass is 35.5. The van der Waals surface area contributed by atoms with Gasteiger partial charge in [0.1, 0.15) is 11.5 Å². The van der Waals surface area contributed by atoms with E-state index in [9.17, 15) is 4.39 Å². The Morgan fingerprint density at radius 3 is 2.95 bits per heavy atom. The summed E-state index contributed by atoms with van der Waals surface area (Å²) in [7, 11) is 0. The van der Waals surface area contributed by atoms with Gasteiger partial charge in [-0.2, -0.15) is 0 Å². The summed E-state index contributed by atoms with van der Waals surface area (Å²) in [5.74, 6) is 0.330. The normalized spacial score (nSPS) is 11.1. The number of nitrogens with two attached hydrogens (primary N) is 1. The Labute approximate surface area is 124 Å². The molecule has 2 aromatic heterocycles. The fourth-order valence-electron chi connectivity index (χ4n) is 1.87. The molecule has 0 bridgehead atoms. The maximum Gasteiger partial charge on any atom is 0.137 e. The van der Waals surface area contributed by atoms with Crippen LogP contribution in [0.4, 0.5) is 10.1 Å². The van der Waals surface area contributed by atoms with Crippen LogP contribution in [0, 0.1) is 5.82 Å². The van der Waals surface area contributed by atoms with E-state index in [1.165, 1.54) is 23.9 Å². The zero-order valence-electron chi connectivity index (χ0n) is 10.4. The monoisotopic (exact) mass is 307 g/mol. The summed E-state index contributed by atoms with van der Waals surface area (Å²) in [5.41, 5.74) is 8.11. The number of pyridine rings is 1. The first-order valence-electron chi connectivity index (χ1n) is 5.93. The van der Waals surface area contributed by atoms with Gasteiger partial charge in [0.2, 0.25) is 0 Å². The number of halogens is 2. The van der Waals surface area contributed by atoms with Gasteiger partial charge in [0, 0.05) is 28.7 Å². The molecule has 0 amide bonds. The average Bonchev–Trinajstić information content (AvgIpc) is 2.81. The third-order valence-corrected chi connectivity index (χ3v) is 4.14. The molecular weight excluding hydrogens is 297 g/mol. The first-order chi connectivity index (χ1) is 9.61. The summed E-state index contributed by atoms with van der Waals surface area (Å²) in [5, 5.41) is 0.656. The smallest absolute Gasteiger partial charge is 0.137 e. The predicted octanol–water partition coefficient (Wildman–Crippen LogP) is 4.00. The first kappa shape index (κ1) is 13.3.